The molecule has 2 aromatic carbocycles. The highest BCUT2D eigenvalue weighted by Gasteiger charge is 2.46. The van der Waals surface area contributed by atoms with E-state index in [1.54, 1.807) is 0 Å². The van der Waals surface area contributed by atoms with Crippen LogP contribution in [0.25, 0.3) is 0 Å². The molecule has 0 amide bonds. The minimum atomic E-state index is 0.386. The van der Waals surface area contributed by atoms with Crippen LogP contribution >= 0.6 is 0 Å². The van der Waals surface area contributed by atoms with Crippen molar-refractivity contribution in [1.29, 1.82) is 0 Å². The predicted octanol–water partition coefficient (Wildman–Crippen LogP) is 6.13. The van der Waals surface area contributed by atoms with Crippen LogP contribution in [-0.2, 0) is 6.61 Å². The molecule has 3 heterocycles. The number of aliphatic imine (C=N–C) groups is 2. The number of allylic oxidation sites excluding steroid dienone is 1. The minimum Gasteiger partial charge on any atom is -0.489 e. The van der Waals surface area contributed by atoms with E-state index in [-0.39, 0.29) is 0 Å². The Morgan fingerprint density at radius 1 is 0.974 bits per heavy atom. The maximum atomic E-state index is 6.25. The van der Waals surface area contributed by atoms with Gasteiger partial charge in [0.05, 0.1) is 30.3 Å². The molecular formula is C32H41N6O+. The van der Waals surface area contributed by atoms with Crippen molar-refractivity contribution in [3.63, 3.8) is 0 Å². The van der Waals surface area contributed by atoms with Gasteiger partial charge >= 0.3 is 0 Å². The molecular weight excluding hydrogens is 484 g/mol. The summed E-state index contributed by atoms with van der Waals surface area (Å²) in [4.78, 5) is 9.03. The van der Waals surface area contributed by atoms with Gasteiger partial charge < -0.3 is 4.74 Å². The smallest absolute Gasteiger partial charge is 0.225 e. The molecule has 6 rings (SSSR count). The molecule has 1 atom stereocenters. The van der Waals surface area contributed by atoms with Crippen molar-refractivity contribution in [3.05, 3.63) is 84.5 Å². The van der Waals surface area contributed by atoms with E-state index in [0.717, 1.165) is 42.4 Å². The number of anilines is 1. The second kappa shape index (κ2) is 11.9. The molecule has 7 heteroatoms. The molecule has 1 saturated carbocycles. The number of benzene rings is 2. The van der Waals surface area contributed by atoms with Crippen LogP contribution in [0.1, 0.15) is 51.0 Å². The molecule has 0 radical (unpaired) electrons. The molecule has 2 aromatic rings. The van der Waals surface area contributed by atoms with Gasteiger partial charge in [-0.1, -0.05) is 43.3 Å². The van der Waals surface area contributed by atoms with Gasteiger partial charge in [-0.3, -0.25) is 4.99 Å². The monoisotopic (exact) mass is 525 g/mol. The molecule has 0 bridgehead atoms. The predicted molar refractivity (Wildman–Crippen MR) is 158 cm³/mol. The Hall–Kier alpha value is -3.26. The van der Waals surface area contributed by atoms with E-state index in [0.29, 0.717) is 17.2 Å². The molecule has 4 aliphatic rings. The third-order valence-corrected chi connectivity index (χ3v) is 8.62. The Morgan fingerprint density at radius 3 is 2.59 bits per heavy atom. The number of nitrogens with zero attached hydrogens (tertiary/aromatic N) is 6. The molecule has 3 aliphatic heterocycles. The number of hydrogen-bond acceptors (Lipinski definition) is 6. The van der Waals surface area contributed by atoms with E-state index in [2.05, 4.69) is 86.7 Å². The highest BCUT2D eigenvalue weighted by atomic mass is 16.5. The lowest BCUT2D eigenvalue weighted by Crippen LogP contribution is -2.60. The van der Waals surface area contributed by atoms with Gasteiger partial charge in [0, 0.05) is 32.2 Å². The fourth-order valence-electron chi connectivity index (χ4n) is 6.56. The third kappa shape index (κ3) is 5.57. The topological polar surface area (TPSA) is 43.7 Å². The number of ether oxygens (including phenoxy) is 1. The van der Waals surface area contributed by atoms with E-state index >= 15 is 0 Å². The zero-order valence-corrected chi connectivity index (χ0v) is 23.1. The largest absolute Gasteiger partial charge is 0.489 e. The maximum Gasteiger partial charge on any atom is 0.225 e. The highest BCUT2D eigenvalue weighted by Crippen LogP contribution is 2.40. The van der Waals surface area contributed by atoms with Crippen LogP contribution in [0.15, 0.2) is 88.9 Å². The zero-order valence-electron chi connectivity index (χ0n) is 23.1. The summed E-state index contributed by atoms with van der Waals surface area (Å²) in [7, 11) is 0. The third-order valence-electron chi connectivity index (χ3n) is 8.62. The Morgan fingerprint density at radius 2 is 1.79 bits per heavy atom. The van der Waals surface area contributed by atoms with Crippen LogP contribution in [0.3, 0.4) is 0 Å². The van der Waals surface area contributed by atoms with Gasteiger partial charge in [0.1, 0.15) is 12.4 Å². The highest BCUT2D eigenvalue weighted by molar-refractivity contribution is 5.82. The standard InChI is InChI=1S/C32H41N6O/c1-2-35(36-18-6-7-19-36)24-27-13-15-29(16-14-27)37(38-20-17-33-22-31(38)23-34-26-38)30-11-8-12-32(21-30)39-25-28-9-4-3-5-10-28/h3-5,8-12,17,20-23,26-27,29H,2,6-7,13-16,18-19,24-25H2,1H3/q+1. The average Bonchev–Trinajstić information content (AvgIpc) is 3.68. The summed E-state index contributed by atoms with van der Waals surface area (Å²) in [6.45, 7) is 7.60. The minimum absolute atomic E-state index is 0.386. The second-order valence-electron chi connectivity index (χ2n) is 11.1. The van der Waals surface area contributed by atoms with E-state index < -0.39 is 0 Å². The van der Waals surface area contributed by atoms with Crippen molar-refractivity contribution in [2.24, 2.45) is 15.9 Å². The average molecular weight is 526 g/mol. The Bertz CT molecular complexity index is 1230. The number of quaternary nitrogens is 1. The number of rotatable bonds is 10. The number of hydrogen-bond donors (Lipinski definition) is 0. The quantitative estimate of drug-likeness (QED) is 0.350. The summed E-state index contributed by atoms with van der Waals surface area (Å²) in [5.74, 6) is 1.62. The fourth-order valence-corrected chi connectivity index (χ4v) is 6.56. The normalized spacial score (nSPS) is 26.2. The van der Waals surface area contributed by atoms with Crippen molar-refractivity contribution in [3.8, 4) is 5.75 Å². The lowest BCUT2D eigenvalue weighted by atomic mass is 9.85. The van der Waals surface area contributed by atoms with Crippen molar-refractivity contribution in [1.82, 2.24) is 10.0 Å². The van der Waals surface area contributed by atoms with Gasteiger partial charge in [-0.25, -0.2) is 20.0 Å². The zero-order chi connectivity index (χ0) is 26.5. The van der Waals surface area contributed by atoms with Gasteiger partial charge in [-0.05, 0) is 62.1 Å². The summed E-state index contributed by atoms with van der Waals surface area (Å²) in [6.07, 6.45) is 17.4. The summed E-state index contributed by atoms with van der Waals surface area (Å²) < 4.78 is 6.71. The lowest BCUT2D eigenvalue weighted by Gasteiger charge is -2.46. The van der Waals surface area contributed by atoms with Crippen LogP contribution in [-0.4, -0.2) is 59.4 Å². The summed E-state index contributed by atoms with van der Waals surface area (Å²) in [5, 5.41) is 7.74. The van der Waals surface area contributed by atoms with Crippen molar-refractivity contribution in [2.75, 3.05) is 31.2 Å². The molecule has 1 aliphatic carbocycles. The molecule has 7 nitrogen and oxygen atoms in total. The van der Waals surface area contributed by atoms with Crippen molar-refractivity contribution >= 4 is 18.2 Å². The van der Waals surface area contributed by atoms with Crippen molar-refractivity contribution < 1.29 is 9.33 Å². The van der Waals surface area contributed by atoms with Gasteiger partial charge in [-0.15, -0.1) is 4.59 Å². The van der Waals surface area contributed by atoms with Crippen LogP contribution < -0.4 is 9.75 Å². The second-order valence-corrected chi connectivity index (χ2v) is 11.1. The Balaban J connectivity index is 1.22. The molecule has 0 aromatic heterocycles. The lowest BCUT2D eigenvalue weighted by molar-refractivity contribution is -0.746. The van der Waals surface area contributed by atoms with Crippen molar-refractivity contribution in [2.45, 2.75) is 58.1 Å². The molecule has 2 fully saturated rings. The van der Waals surface area contributed by atoms with Crippen LogP contribution in [0.2, 0.25) is 0 Å². The van der Waals surface area contributed by atoms with E-state index in [1.165, 1.54) is 50.9 Å². The number of fused-ring (bicyclic) bond motifs is 1. The first-order valence-corrected chi connectivity index (χ1v) is 14.7. The van der Waals surface area contributed by atoms with Crippen LogP contribution in [0.4, 0.5) is 5.69 Å². The van der Waals surface area contributed by atoms with Gasteiger partial charge in [0.2, 0.25) is 12.0 Å². The molecule has 1 saturated heterocycles. The first-order chi connectivity index (χ1) is 19.2. The summed E-state index contributed by atoms with van der Waals surface area (Å²) in [5.41, 5.74) is 3.39. The first-order valence-electron chi connectivity index (χ1n) is 14.7. The van der Waals surface area contributed by atoms with E-state index in [4.69, 9.17) is 4.74 Å². The van der Waals surface area contributed by atoms with Crippen LogP contribution in [0, 0.1) is 5.92 Å². The van der Waals surface area contributed by atoms with Gasteiger partial charge in [0.25, 0.3) is 0 Å². The van der Waals surface area contributed by atoms with E-state index in [9.17, 15) is 0 Å². The molecule has 204 valence electrons. The van der Waals surface area contributed by atoms with Gasteiger partial charge in [-0.2, -0.15) is 0 Å². The molecule has 39 heavy (non-hydrogen) atoms. The van der Waals surface area contributed by atoms with Gasteiger partial charge in [0.15, 0.2) is 6.20 Å². The Labute approximate surface area is 232 Å². The SMILES string of the molecule is CCN(CC1CCC(N(c2cccc(OCc3ccccc3)c2)[N+]23C=CN=CC2=CN=C3)CC1)N1CCCC1. The van der Waals surface area contributed by atoms with Crippen LogP contribution in [0.5, 0.6) is 5.75 Å². The number of hydrazine groups is 1. The molecule has 1 unspecified atom stereocenters. The fraction of sp³-hybridized carbons (Fsp3) is 0.438. The Kier molecular flexibility index (Phi) is 7.90. The summed E-state index contributed by atoms with van der Waals surface area (Å²) >= 11 is 0. The maximum absolute atomic E-state index is 6.25. The summed E-state index contributed by atoms with van der Waals surface area (Å²) in [6, 6.07) is 19.3. The first kappa shape index (κ1) is 26.0. The van der Waals surface area contributed by atoms with E-state index in [1.807, 2.05) is 31.0 Å². The molecule has 0 spiro atoms. The molecule has 0 N–H and O–H groups in total.